The smallest absolute Gasteiger partial charge is 0.338 e. The van der Waals surface area contributed by atoms with Gasteiger partial charge >= 0.3 is 5.97 Å². The van der Waals surface area contributed by atoms with Crippen LogP contribution in [0.4, 0.5) is 4.39 Å². The van der Waals surface area contributed by atoms with E-state index in [0.29, 0.717) is 21.2 Å². The summed E-state index contributed by atoms with van der Waals surface area (Å²) in [7, 11) is 0. The summed E-state index contributed by atoms with van der Waals surface area (Å²) in [6.07, 6.45) is 0. The quantitative estimate of drug-likeness (QED) is 0.655. The third kappa shape index (κ3) is 4.17. The summed E-state index contributed by atoms with van der Waals surface area (Å²) in [6.45, 7) is 7.33. The van der Waals surface area contributed by atoms with Crippen molar-refractivity contribution in [2.24, 2.45) is 0 Å². The zero-order chi connectivity index (χ0) is 16.5. The summed E-state index contributed by atoms with van der Waals surface area (Å²) in [4.78, 5) is 12.2. The van der Waals surface area contributed by atoms with Crippen molar-refractivity contribution in [2.75, 3.05) is 0 Å². The molecule has 4 heteroatoms. The summed E-state index contributed by atoms with van der Waals surface area (Å²) in [5.74, 6) is -0.748. The Morgan fingerprint density at radius 3 is 2.45 bits per heavy atom. The van der Waals surface area contributed by atoms with Gasteiger partial charge in [-0.25, -0.2) is 9.18 Å². The highest BCUT2D eigenvalue weighted by Crippen LogP contribution is 2.29. The predicted molar refractivity (Wildman–Crippen MR) is 89.4 cm³/mol. The topological polar surface area (TPSA) is 26.3 Å². The fraction of sp³-hybridized carbons (Fsp3) is 0.278. The molecule has 0 heterocycles. The van der Waals surface area contributed by atoms with E-state index in [1.165, 1.54) is 6.07 Å². The van der Waals surface area contributed by atoms with Gasteiger partial charge in [-0.15, -0.1) is 0 Å². The van der Waals surface area contributed by atoms with Crippen LogP contribution in [0.5, 0.6) is 0 Å². The minimum absolute atomic E-state index is 0.321. The molecule has 0 N–H and O–H groups in total. The molecule has 0 aromatic heterocycles. The van der Waals surface area contributed by atoms with Crippen molar-refractivity contribution < 1.29 is 13.9 Å². The Labute approximate surface area is 138 Å². The molecule has 0 fully saturated rings. The summed E-state index contributed by atoms with van der Waals surface area (Å²) >= 11 is 3.37. The Morgan fingerprint density at radius 2 is 1.82 bits per heavy atom. The van der Waals surface area contributed by atoms with Crippen LogP contribution >= 0.6 is 15.9 Å². The summed E-state index contributed by atoms with van der Waals surface area (Å²) < 4.78 is 20.1. The van der Waals surface area contributed by atoms with Crippen LogP contribution in [-0.2, 0) is 4.74 Å². The van der Waals surface area contributed by atoms with Crippen molar-refractivity contribution in [2.45, 2.75) is 33.3 Å². The number of aryl methyl sites for hydroxylation is 1. The Bertz CT molecular complexity index is 718. The fourth-order valence-electron chi connectivity index (χ4n) is 2.06. The fourth-order valence-corrected chi connectivity index (χ4v) is 2.55. The van der Waals surface area contributed by atoms with Crippen LogP contribution < -0.4 is 0 Å². The number of halogens is 2. The molecule has 2 aromatic rings. The Kier molecular flexibility index (Phi) is 4.71. The molecule has 0 radical (unpaired) electrons. The molecule has 0 aliphatic carbocycles. The molecule has 0 atom stereocenters. The highest BCUT2D eigenvalue weighted by molar-refractivity contribution is 9.10. The lowest BCUT2D eigenvalue weighted by Gasteiger charge is -2.20. The van der Waals surface area contributed by atoms with Crippen molar-refractivity contribution in [3.63, 3.8) is 0 Å². The number of hydrogen-bond acceptors (Lipinski definition) is 2. The van der Waals surface area contributed by atoms with Crippen LogP contribution in [0.1, 0.15) is 36.7 Å². The molecule has 0 unspecified atom stereocenters. The van der Waals surface area contributed by atoms with Crippen LogP contribution in [0.25, 0.3) is 11.1 Å². The molecule has 0 bridgehead atoms. The van der Waals surface area contributed by atoms with Gasteiger partial charge in [0.1, 0.15) is 11.4 Å². The minimum Gasteiger partial charge on any atom is -0.456 e. The maximum atomic E-state index is 14.1. The zero-order valence-corrected chi connectivity index (χ0v) is 14.6. The first-order valence-corrected chi connectivity index (χ1v) is 7.75. The largest absolute Gasteiger partial charge is 0.456 e. The maximum absolute atomic E-state index is 14.1. The van der Waals surface area contributed by atoms with Gasteiger partial charge in [0, 0.05) is 10.0 Å². The molecule has 116 valence electrons. The first-order valence-electron chi connectivity index (χ1n) is 6.96. The molecule has 0 amide bonds. The standard InChI is InChI=1S/C18H18BrFO2/c1-11-5-6-16(20)15(7-11)12-8-13(10-14(19)9-12)17(21)22-18(2,3)4/h5-10H,1-4H3. The summed E-state index contributed by atoms with van der Waals surface area (Å²) in [5, 5.41) is 0. The van der Waals surface area contributed by atoms with E-state index in [4.69, 9.17) is 4.74 Å². The molecule has 2 nitrogen and oxygen atoms in total. The van der Waals surface area contributed by atoms with Crippen molar-refractivity contribution >= 4 is 21.9 Å². The molecular formula is C18H18BrFO2. The second-order valence-electron chi connectivity index (χ2n) is 6.21. The third-order valence-corrected chi connectivity index (χ3v) is 3.42. The molecule has 0 spiro atoms. The Balaban J connectivity index is 2.47. The zero-order valence-electron chi connectivity index (χ0n) is 13.0. The van der Waals surface area contributed by atoms with E-state index in [1.807, 2.05) is 27.7 Å². The summed E-state index contributed by atoms with van der Waals surface area (Å²) in [6, 6.07) is 10.0. The van der Waals surface area contributed by atoms with Crippen LogP contribution in [0.15, 0.2) is 40.9 Å². The van der Waals surface area contributed by atoms with E-state index in [9.17, 15) is 9.18 Å². The van der Waals surface area contributed by atoms with Crippen molar-refractivity contribution in [1.29, 1.82) is 0 Å². The van der Waals surface area contributed by atoms with Crippen LogP contribution in [0.3, 0.4) is 0 Å². The van der Waals surface area contributed by atoms with E-state index in [1.54, 1.807) is 30.3 Å². The van der Waals surface area contributed by atoms with Gasteiger partial charge in [-0.05, 0) is 63.6 Å². The van der Waals surface area contributed by atoms with Gasteiger partial charge in [-0.3, -0.25) is 0 Å². The van der Waals surface area contributed by atoms with Gasteiger partial charge < -0.3 is 4.74 Å². The van der Waals surface area contributed by atoms with E-state index >= 15 is 0 Å². The molecule has 0 aliphatic heterocycles. The lowest BCUT2D eigenvalue weighted by Crippen LogP contribution is -2.23. The summed E-state index contributed by atoms with van der Waals surface area (Å²) in [5.41, 5.74) is 1.87. The third-order valence-electron chi connectivity index (χ3n) is 2.97. The SMILES string of the molecule is Cc1ccc(F)c(-c2cc(Br)cc(C(=O)OC(C)(C)C)c2)c1. The number of ether oxygens (including phenoxy) is 1. The van der Waals surface area contributed by atoms with E-state index in [2.05, 4.69) is 15.9 Å². The first-order chi connectivity index (χ1) is 10.2. The molecule has 2 aromatic carbocycles. The highest BCUT2D eigenvalue weighted by Gasteiger charge is 2.19. The van der Waals surface area contributed by atoms with Gasteiger partial charge in [0.15, 0.2) is 0 Å². The van der Waals surface area contributed by atoms with Gasteiger partial charge in [0.2, 0.25) is 0 Å². The van der Waals surface area contributed by atoms with Gasteiger partial charge in [-0.1, -0.05) is 27.6 Å². The normalized spacial score (nSPS) is 11.4. The van der Waals surface area contributed by atoms with Crippen molar-refractivity contribution in [1.82, 2.24) is 0 Å². The van der Waals surface area contributed by atoms with Crippen LogP contribution in [0, 0.1) is 12.7 Å². The van der Waals surface area contributed by atoms with Crippen LogP contribution in [-0.4, -0.2) is 11.6 Å². The number of carbonyl (C=O) groups excluding carboxylic acids is 1. The molecule has 0 saturated carbocycles. The second-order valence-corrected chi connectivity index (χ2v) is 7.13. The molecule has 2 rings (SSSR count). The van der Waals surface area contributed by atoms with Crippen molar-refractivity contribution in [3.05, 3.63) is 57.8 Å². The average Bonchev–Trinajstić information content (AvgIpc) is 2.39. The Morgan fingerprint density at radius 1 is 1.14 bits per heavy atom. The molecule has 22 heavy (non-hydrogen) atoms. The number of hydrogen-bond donors (Lipinski definition) is 0. The van der Waals surface area contributed by atoms with Gasteiger partial charge in [-0.2, -0.15) is 0 Å². The van der Waals surface area contributed by atoms with E-state index < -0.39 is 11.6 Å². The van der Waals surface area contributed by atoms with Gasteiger partial charge in [0.25, 0.3) is 0 Å². The molecular weight excluding hydrogens is 347 g/mol. The number of rotatable bonds is 2. The monoisotopic (exact) mass is 364 g/mol. The maximum Gasteiger partial charge on any atom is 0.338 e. The number of benzene rings is 2. The lowest BCUT2D eigenvalue weighted by molar-refractivity contribution is 0.00695. The average molecular weight is 365 g/mol. The predicted octanol–water partition coefficient (Wildman–Crippen LogP) is 5.52. The minimum atomic E-state index is -0.575. The Hall–Kier alpha value is -1.68. The highest BCUT2D eigenvalue weighted by atomic mass is 79.9. The van der Waals surface area contributed by atoms with Crippen molar-refractivity contribution in [3.8, 4) is 11.1 Å². The lowest BCUT2D eigenvalue weighted by atomic mass is 10.0. The van der Waals surface area contributed by atoms with Gasteiger partial charge in [0.05, 0.1) is 5.56 Å². The molecule has 0 aliphatic rings. The van der Waals surface area contributed by atoms with Crippen LogP contribution in [0.2, 0.25) is 0 Å². The first kappa shape index (κ1) is 16.7. The number of carbonyl (C=O) groups is 1. The van der Waals surface area contributed by atoms with E-state index in [0.717, 1.165) is 5.56 Å². The molecule has 0 saturated heterocycles. The number of esters is 1. The second kappa shape index (κ2) is 6.21. The van der Waals surface area contributed by atoms with E-state index in [-0.39, 0.29) is 5.82 Å².